The molecule has 5 nitrogen and oxygen atoms in total. The zero-order valence-electron chi connectivity index (χ0n) is 11.5. The Labute approximate surface area is 130 Å². The van der Waals surface area contributed by atoms with Crippen LogP contribution >= 0.6 is 11.6 Å². The summed E-state index contributed by atoms with van der Waals surface area (Å²) >= 11 is 5.44. The van der Waals surface area contributed by atoms with Crippen LogP contribution in [0.15, 0.2) is 12.1 Å². The van der Waals surface area contributed by atoms with Crippen LogP contribution in [0.4, 0.5) is 8.78 Å². The lowest BCUT2D eigenvalue weighted by atomic mass is 9.86. The van der Waals surface area contributed by atoms with Gasteiger partial charge in [0.1, 0.15) is 10.8 Å². The first-order chi connectivity index (χ1) is 10.3. The van der Waals surface area contributed by atoms with Gasteiger partial charge in [-0.2, -0.15) is 0 Å². The molecular weight excluding hydrogens is 320 g/mol. The predicted molar refractivity (Wildman–Crippen MR) is 73.9 cm³/mol. The number of hydrogen-bond donors (Lipinski definition) is 2. The number of nitrogens with one attached hydrogen (secondary N) is 1. The number of aliphatic carboxylic acids is 1. The predicted octanol–water partition coefficient (Wildman–Crippen LogP) is 2.37. The van der Waals surface area contributed by atoms with Crippen LogP contribution in [0.3, 0.4) is 0 Å². The fourth-order valence-electron chi connectivity index (χ4n) is 2.41. The van der Waals surface area contributed by atoms with Crippen molar-refractivity contribution < 1.29 is 28.2 Å². The van der Waals surface area contributed by atoms with Gasteiger partial charge in [0.2, 0.25) is 0 Å². The lowest BCUT2D eigenvalue weighted by Crippen LogP contribution is -2.53. The summed E-state index contributed by atoms with van der Waals surface area (Å²) in [6.07, 6.45) is 0.280. The highest BCUT2D eigenvalue weighted by molar-refractivity contribution is 6.31. The van der Waals surface area contributed by atoms with Gasteiger partial charge in [0.05, 0.1) is 17.5 Å². The number of hydrogen-bond acceptors (Lipinski definition) is 3. The van der Waals surface area contributed by atoms with Gasteiger partial charge in [-0.25, -0.2) is 8.78 Å². The number of carboxylic acid groups (broad SMARTS) is 1. The molecule has 1 aliphatic rings. The first-order valence-corrected chi connectivity index (χ1v) is 6.98. The minimum absolute atomic E-state index is 0.292. The zero-order valence-corrected chi connectivity index (χ0v) is 12.3. The summed E-state index contributed by atoms with van der Waals surface area (Å²) in [5.41, 5.74) is -1.45. The van der Waals surface area contributed by atoms with E-state index >= 15 is 0 Å². The molecule has 1 heterocycles. The maximum absolute atomic E-state index is 13.9. The summed E-state index contributed by atoms with van der Waals surface area (Å²) in [6.45, 7) is 0.584. The van der Waals surface area contributed by atoms with Crippen LogP contribution in [-0.4, -0.2) is 35.7 Å². The molecular formula is C14H14ClF2NO4. The highest BCUT2D eigenvalue weighted by atomic mass is 35.5. The monoisotopic (exact) mass is 333 g/mol. The van der Waals surface area contributed by atoms with Gasteiger partial charge in [0.15, 0.2) is 5.82 Å². The highest BCUT2D eigenvalue weighted by Gasteiger charge is 2.37. The van der Waals surface area contributed by atoms with Gasteiger partial charge >= 0.3 is 5.97 Å². The Hall–Kier alpha value is -1.73. The SMILES string of the molecule is O=C(O)CC1(NC(=O)c2ccc(F)c(Cl)c2F)CCOCC1. The number of carboxylic acids is 1. The molecule has 1 aromatic carbocycles. The molecule has 0 saturated carbocycles. The van der Waals surface area contributed by atoms with E-state index in [2.05, 4.69) is 5.32 Å². The van der Waals surface area contributed by atoms with Gasteiger partial charge in [0, 0.05) is 13.2 Å². The molecule has 1 aromatic rings. The maximum atomic E-state index is 13.9. The topological polar surface area (TPSA) is 75.6 Å². The van der Waals surface area contributed by atoms with Gasteiger partial charge < -0.3 is 15.2 Å². The lowest BCUT2D eigenvalue weighted by Gasteiger charge is -2.36. The molecule has 0 atom stereocenters. The van der Waals surface area contributed by atoms with Crippen LogP contribution < -0.4 is 5.32 Å². The number of benzene rings is 1. The van der Waals surface area contributed by atoms with Crippen molar-refractivity contribution in [3.05, 3.63) is 34.4 Å². The van der Waals surface area contributed by atoms with Crippen molar-refractivity contribution in [2.45, 2.75) is 24.8 Å². The average molecular weight is 334 g/mol. The van der Waals surface area contributed by atoms with Gasteiger partial charge in [-0.05, 0) is 25.0 Å². The summed E-state index contributed by atoms with van der Waals surface area (Å²) in [5.74, 6) is -4.05. The van der Waals surface area contributed by atoms with Crippen molar-refractivity contribution in [1.82, 2.24) is 5.32 Å². The summed E-state index contributed by atoms with van der Waals surface area (Å²) in [7, 11) is 0. The fourth-order valence-corrected chi connectivity index (χ4v) is 2.57. The van der Waals surface area contributed by atoms with E-state index in [1.165, 1.54) is 0 Å². The van der Waals surface area contributed by atoms with Crippen molar-refractivity contribution in [2.75, 3.05) is 13.2 Å². The smallest absolute Gasteiger partial charge is 0.305 e. The molecule has 1 aliphatic heterocycles. The Morgan fingerprint density at radius 3 is 2.55 bits per heavy atom. The Bertz CT molecular complexity index is 603. The Morgan fingerprint density at radius 2 is 1.95 bits per heavy atom. The summed E-state index contributed by atoms with van der Waals surface area (Å²) in [5, 5.41) is 10.8. The van der Waals surface area contributed by atoms with E-state index < -0.39 is 39.6 Å². The number of rotatable bonds is 4. The van der Waals surface area contributed by atoms with E-state index in [0.717, 1.165) is 12.1 Å². The molecule has 0 unspecified atom stereocenters. The van der Waals surface area contributed by atoms with Crippen LogP contribution in [0.1, 0.15) is 29.6 Å². The van der Waals surface area contributed by atoms with E-state index in [1.54, 1.807) is 0 Å². The zero-order chi connectivity index (χ0) is 16.3. The van der Waals surface area contributed by atoms with E-state index in [9.17, 15) is 18.4 Å². The van der Waals surface area contributed by atoms with Gasteiger partial charge in [-0.3, -0.25) is 9.59 Å². The van der Waals surface area contributed by atoms with E-state index in [-0.39, 0.29) is 6.42 Å². The van der Waals surface area contributed by atoms with Crippen LogP contribution in [0, 0.1) is 11.6 Å². The van der Waals surface area contributed by atoms with Crippen LogP contribution in [0.2, 0.25) is 5.02 Å². The van der Waals surface area contributed by atoms with Crippen molar-refractivity contribution in [1.29, 1.82) is 0 Å². The number of carbonyl (C=O) groups excluding carboxylic acids is 1. The Kier molecular flexibility index (Phi) is 4.97. The lowest BCUT2D eigenvalue weighted by molar-refractivity contribution is -0.139. The molecule has 2 N–H and O–H groups in total. The standard InChI is InChI=1S/C14H14ClF2NO4/c15-11-9(16)2-1-8(12(11)17)13(21)18-14(7-10(19)20)3-5-22-6-4-14/h1-2H,3-7H2,(H,18,21)(H,19,20). The number of amides is 1. The fraction of sp³-hybridized carbons (Fsp3) is 0.429. The molecule has 0 aromatic heterocycles. The van der Waals surface area contributed by atoms with Crippen LogP contribution in [0.5, 0.6) is 0 Å². The third-order valence-electron chi connectivity index (χ3n) is 3.60. The number of halogens is 3. The summed E-state index contributed by atoms with van der Waals surface area (Å²) in [6, 6.07) is 1.86. The molecule has 8 heteroatoms. The third kappa shape index (κ3) is 3.53. The molecule has 0 spiro atoms. The molecule has 0 radical (unpaired) electrons. The van der Waals surface area contributed by atoms with Gasteiger partial charge in [-0.1, -0.05) is 11.6 Å². The van der Waals surface area contributed by atoms with Crippen LogP contribution in [-0.2, 0) is 9.53 Å². The Morgan fingerprint density at radius 1 is 1.32 bits per heavy atom. The van der Waals surface area contributed by atoms with Gasteiger partial charge in [0.25, 0.3) is 5.91 Å². The van der Waals surface area contributed by atoms with Gasteiger partial charge in [-0.15, -0.1) is 0 Å². The second kappa shape index (κ2) is 6.58. The largest absolute Gasteiger partial charge is 0.481 e. The normalized spacial score (nSPS) is 17.0. The average Bonchev–Trinajstić information content (AvgIpc) is 2.44. The minimum Gasteiger partial charge on any atom is -0.481 e. The summed E-state index contributed by atoms with van der Waals surface area (Å²) in [4.78, 5) is 23.2. The molecule has 22 heavy (non-hydrogen) atoms. The molecule has 0 bridgehead atoms. The molecule has 2 rings (SSSR count). The summed E-state index contributed by atoms with van der Waals surface area (Å²) < 4.78 is 32.2. The van der Waals surface area contributed by atoms with Crippen molar-refractivity contribution in [3.63, 3.8) is 0 Å². The Balaban J connectivity index is 2.25. The quantitative estimate of drug-likeness (QED) is 0.829. The van der Waals surface area contributed by atoms with Crippen molar-refractivity contribution >= 4 is 23.5 Å². The van der Waals surface area contributed by atoms with E-state index in [0.29, 0.717) is 26.1 Å². The van der Waals surface area contributed by atoms with Crippen LogP contribution in [0.25, 0.3) is 0 Å². The minimum atomic E-state index is -1.17. The van der Waals surface area contributed by atoms with Crippen molar-refractivity contribution in [2.24, 2.45) is 0 Å². The van der Waals surface area contributed by atoms with Crippen molar-refractivity contribution in [3.8, 4) is 0 Å². The molecule has 0 aliphatic carbocycles. The second-order valence-electron chi connectivity index (χ2n) is 5.14. The molecule has 120 valence electrons. The first-order valence-electron chi connectivity index (χ1n) is 6.60. The second-order valence-corrected chi connectivity index (χ2v) is 5.52. The third-order valence-corrected chi connectivity index (χ3v) is 3.94. The molecule has 1 saturated heterocycles. The maximum Gasteiger partial charge on any atom is 0.305 e. The molecule has 1 amide bonds. The number of carbonyl (C=O) groups is 2. The van der Waals surface area contributed by atoms with E-state index in [1.807, 2.05) is 0 Å². The first kappa shape index (κ1) is 16.6. The van der Waals surface area contributed by atoms with E-state index in [4.69, 9.17) is 21.4 Å². The highest BCUT2D eigenvalue weighted by Crippen LogP contribution is 2.27. The number of ether oxygens (including phenoxy) is 1. The molecule has 1 fully saturated rings.